The van der Waals surface area contributed by atoms with Crippen LogP contribution >= 0.6 is 0 Å². The van der Waals surface area contributed by atoms with Crippen LogP contribution in [0.3, 0.4) is 0 Å². The molecule has 7 nitrogen and oxygen atoms in total. The smallest absolute Gasteiger partial charge is 0.257 e. The first kappa shape index (κ1) is 26.0. The molecular weight excluding hydrogens is 434 g/mol. The molecule has 186 valence electrons. The molecule has 0 spiro atoms. The fraction of sp³-hybridized carbons (Fsp3) is 0.519. The summed E-state index contributed by atoms with van der Waals surface area (Å²) in [7, 11) is 1.34. The van der Waals surface area contributed by atoms with Gasteiger partial charge >= 0.3 is 0 Å². The van der Waals surface area contributed by atoms with E-state index in [0.717, 1.165) is 19.3 Å². The molecule has 2 aliphatic heterocycles. The summed E-state index contributed by atoms with van der Waals surface area (Å²) in [5, 5.41) is 35.7. The Balaban J connectivity index is 0.00000324. The number of ether oxygens (including phenoxy) is 2. The van der Waals surface area contributed by atoms with Crippen LogP contribution in [0.2, 0.25) is 0 Å². The molecule has 2 heterocycles. The lowest BCUT2D eigenvalue weighted by Crippen LogP contribution is -2.52. The highest BCUT2D eigenvalue weighted by atomic mass is 16.5. The van der Waals surface area contributed by atoms with Crippen molar-refractivity contribution in [3.05, 3.63) is 53.1 Å². The summed E-state index contributed by atoms with van der Waals surface area (Å²) in [5.74, 6) is -0.107. The van der Waals surface area contributed by atoms with Gasteiger partial charge in [0.25, 0.3) is 5.91 Å². The molecule has 2 aromatic rings. The average molecular weight is 472 g/mol. The van der Waals surface area contributed by atoms with Crippen LogP contribution in [0.15, 0.2) is 36.4 Å². The number of phenols is 2. The van der Waals surface area contributed by atoms with Crippen LogP contribution in [0.4, 0.5) is 5.69 Å². The highest BCUT2D eigenvalue weighted by Gasteiger charge is 2.51. The predicted octanol–water partition coefficient (Wildman–Crippen LogP) is 4.46. The third-order valence-electron chi connectivity index (χ3n) is 7.12. The van der Waals surface area contributed by atoms with Gasteiger partial charge in [-0.05, 0) is 67.9 Å². The molecule has 7 heteroatoms. The molecule has 2 aromatic carbocycles. The quantitative estimate of drug-likeness (QED) is 0.495. The second kappa shape index (κ2) is 9.56. The van der Waals surface area contributed by atoms with E-state index in [1.54, 1.807) is 12.1 Å². The molecule has 34 heavy (non-hydrogen) atoms. The van der Waals surface area contributed by atoms with Crippen molar-refractivity contribution in [1.29, 1.82) is 0 Å². The Morgan fingerprint density at radius 2 is 1.85 bits per heavy atom. The summed E-state index contributed by atoms with van der Waals surface area (Å²) in [6.45, 7) is 6.44. The Morgan fingerprint density at radius 1 is 1.18 bits per heavy atom. The molecule has 1 saturated heterocycles. The number of anilines is 1. The molecule has 4 atom stereocenters. The number of aromatic hydroxyl groups is 2. The first-order chi connectivity index (χ1) is 15.6. The molecule has 0 aliphatic carbocycles. The number of methoxy groups -OCH3 is 1. The topological polar surface area (TPSA) is 108 Å². The van der Waals surface area contributed by atoms with Gasteiger partial charge in [-0.15, -0.1) is 0 Å². The van der Waals surface area contributed by atoms with Crippen molar-refractivity contribution in [2.75, 3.05) is 12.4 Å². The fourth-order valence-electron chi connectivity index (χ4n) is 5.12. The van der Waals surface area contributed by atoms with Gasteiger partial charge in [0.1, 0.15) is 11.5 Å². The molecule has 4 N–H and O–H groups in total. The molecule has 0 aromatic heterocycles. The van der Waals surface area contributed by atoms with E-state index in [9.17, 15) is 20.1 Å². The van der Waals surface area contributed by atoms with E-state index < -0.39 is 17.6 Å². The van der Waals surface area contributed by atoms with E-state index in [1.165, 1.54) is 31.4 Å². The van der Waals surface area contributed by atoms with E-state index >= 15 is 0 Å². The molecule has 2 aliphatic rings. The summed E-state index contributed by atoms with van der Waals surface area (Å²) < 4.78 is 11.7. The number of hydrogen-bond donors (Lipinski definition) is 4. The van der Waals surface area contributed by atoms with Gasteiger partial charge in [0.05, 0.1) is 23.0 Å². The molecule has 4 rings (SSSR count). The van der Waals surface area contributed by atoms with Gasteiger partial charge in [0.15, 0.2) is 11.7 Å². The largest absolute Gasteiger partial charge is 0.508 e. The average Bonchev–Trinajstić information content (AvgIpc) is 3.16. The van der Waals surface area contributed by atoms with Crippen molar-refractivity contribution in [1.82, 2.24) is 0 Å². The minimum absolute atomic E-state index is 0. The maximum Gasteiger partial charge on any atom is 0.257 e. The third kappa shape index (κ3) is 4.40. The number of carbonyl (C=O) groups excluding carboxylic acids is 1. The van der Waals surface area contributed by atoms with Gasteiger partial charge in [0.2, 0.25) is 0 Å². The number of benzene rings is 2. The summed E-state index contributed by atoms with van der Waals surface area (Å²) in [6.07, 6.45) is 2.22. The molecule has 1 fully saturated rings. The van der Waals surface area contributed by atoms with Gasteiger partial charge in [0, 0.05) is 7.11 Å². The van der Waals surface area contributed by atoms with Crippen molar-refractivity contribution >= 4 is 11.6 Å². The minimum Gasteiger partial charge on any atom is -0.508 e. The second-order valence-corrected chi connectivity index (χ2v) is 9.80. The van der Waals surface area contributed by atoms with E-state index in [4.69, 9.17) is 9.47 Å². The molecule has 0 radical (unpaired) electrons. The highest BCUT2D eigenvalue weighted by molar-refractivity contribution is 6.00. The second-order valence-electron chi connectivity index (χ2n) is 9.80. The Hall–Kier alpha value is -2.61. The number of carbonyl (C=O) groups is 1. The summed E-state index contributed by atoms with van der Waals surface area (Å²) in [5.41, 5.74) is -0.691. The number of hydrogen-bond acceptors (Lipinski definition) is 6. The first-order valence-corrected chi connectivity index (χ1v) is 11.5. The number of phenolic OH excluding ortho intramolecular Hbond substituents is 2. The standard InChI is InChI=1S/C26H33NO6.CH4/c1-15(2)20-12-14-25(3,33-20)13-11-16-5-10-19-21(22(16)29)26(31,23(32-4)24(30)27-19)17-6-8-18(28)9-7-17;/h5-10,15,20,23,28-29,31H,11-14H2,1-4H3,(H,27,30);1H4/t20-,23+,25-,26-;/m0./s1. The SMILES string of the molecule is C.CO[C@@H]1C(=O)Nc2ccc(CC[C@@]3(C)CC[C@@H](C(C)C)O3)c(O)c2[C@@]1(O)c1ccc(O)cc1. The van der Waals surface area contributed by atoms with Gasteiger partial charge in [-0.25, -0.2) is 0 Å². The van der Waals surface area contributed by atoms with Crippen molar-refractivity contribution in [3.63, 3.8) is 0 Å². The Kier molecular flexibility index (Phi) is 7.31. The van der Waals surface area contributed by atoms with Crippen LogP contribution in [-0.2, 0) is 26.3 Å². The Labute approximate surface area is 201 Å². The number of amides is 1. The van der Waals surface area contributed by atoms with Gasteiger partial charge in [-0.1, -0.05) is 39.5 Å². The van der Waals surface area contributed by atoms with Gasteiger partial charge in [-0.2, -0.15) is 0 Å². The monoisotopic (exact) mass is 471 g/mol. The van der Waals surface area contributed by atoms with Crippen LogP contribution in [-0.4, -0.2) is 46.1 Å². The molecule has 1 amide bonds. The molecule has 0 bridgehead atoms. The zero-order valence-corrected chi connectivity index (χ0v) is 19.6. The zero-order valence-electron chi connectivity index (χ0n) is 19.6. The van der Waals surface area contributed by atoms with E-state index in [0.29, 0.717) is 29.2 Å². The predicted molar refractivity (Wildman–Crippen MR) is 131 cm³/mol. The number of aryl methyl sites for hydroxylation is 1. The lowest BCUT2D eigenvalue weighted by atomic mass is 9.76. The van der Waals surface area contributed by atoms with Crippen LogP contribution in [0.5, 0.6) is 11.5 Å². The first-order valence-electron chi connectivity index (χ1n) is 11.5. The van der Waals surface area contributed by atoms with Crippen molar-refractivity contribution in [2.45, 2.75) is 77.3 Å². The Morgan fingerprint density at radius 3 is 2.44 bits per heavy atom. The zero-order chi connectivity index (χ0) is 24.0. The number of fused-ring (bicyclic) bond motifs is 1. The number of nitrogens with one attached hydrogen (secondary N) is 1. The van der Waals surface area contributed by atoms with Gasteiger partial charge < -0.3 is 30.1 Å². The minimum atomic E-state index is -1.93. The lowest BCUT2D eigenvalue weighted by molar-refractivity contribution is -0.142. The van der Waals surface area contributed by atoms with Crippen LogP contribution in [0, 0.1) is 5.92 Å². The molecular formula is C27H37NO6. The summed E-state index contributed by atoms with van der Waals surface area (Å²) >= 11 is 0. The summed E-state index contributed by atoms with van der Waals surface area (Å²) in [6, 6.07) is 9.38. The normalized spacial score (nSPS) is 28.4. The fourth-order valence-corrected chi connectivity index (χ4v) is 5.12. The molecule has 0 saturated carbocycles. The van der Waals surface area contributed by atoms with Crippen LogP contribution < -0.4 is 5.32 Å². The van der Waals surface area contributed by atoms with Gasteiger partial charge in [-0.3, -0.25) is 4.79 Å². The highest BCUT2D eigenvalue weighted by Crippen LogP contribution is 2.48. The number of aliphatic hydroxyl groups is 1. The third-order valence-corrected chi connectivity index (χ3v) is 7.12. The van der Waals surface area contributed by atoms with Crippen molar-refractivity contribution in [3.8, 4) is 11.5 Å². The van der Waals surface area contributed by atoms with E-state index in [2.05, 4.69) is 26.1 Å². The summed E-state index contributed by atoms with van der Waals surface area (Å²) in [4.78, 5) is 12.7. The van der Waals surface area contributed by atoms with E-state index in [1.807, 2.05) is 0 Å². The molecule has 0 unspecified atom stereocenters. The van der Waals surface area contributed by atoms with Crippen LogP contribution in [0.25, 0.3) is 0 Å². The maximum absolute atomic E-state index is 12.7. The van der Waals surface area contributed by atoms with Crippen LogP contribution in [0.1, 0.15) is 64.2 Å². The number of rotatable bonds is 6. The van der Waals surface area contributed by atoms with E-state index in [-0.39, 0.29) is 36.2 Å². The Bertz CT molecular complexity index is 1040. The van der Waals surface area contributed by atoms with Crippen molar-refractivity contribution < 1.29 is 29.6 Å². The maximum atomic E-state index is 12.7. The van der Waals surface area contributed by atoms with Crippen molar-refractivity contribution in [2.24, 2.45) is 5.92 Å². The lowest BCUT2D eigenvalue weighted by Gasteiger charge is -2.40.